The molecule has 0 aliphatic heterocycles. The lowest BCUT2D eigenvalue weighted by atomic mass is 10.1. The molecule has 1 aromatic heterocycles. The Morgan fingerprint density at radius 3 is 2.76 bits per heavy atom. The predicted octanol–water partition coefficient (Wildman–Crippen LogP) is 4.22. The van der Waals surface area contributed by atoms with E-state index in [-0.39, 0.29) is 16.4 Å². The van der Waals surface area contributed by atoms with Crippen molar-refractivity contribution in [2.24, 2.45) is 0 Å². The van der Waals surface area contributed by atoms with E-state index in [1.54, 1.807) is 6.07 Å². The molecule has 0 unspecified atom stereocenters. The van der Waals surface area contributed by atoms with E-state index in [0.717, 1.165) is 24.6 Å². The summed E-state index contributed by atoms with van der Waals surface area (Å²) in [5.41, 5.74) is 0.710. The first kappa shape index (κ1) is 15.4. The molecule has 0 saturated carbocycles. The SMILES string of the molecule is CCCc1cc(C(=O)Nc2cc(F)ccc2F)cc(Cl)n1. The third kappa shape index (κ3) is 3.98. The van der Waals surface area contributed by atoms with Crippen LogP contribution in [0.5, 0.6) is 0 Å². The Hall–Kier alpha value is -2.01. The summed E-state index contributed by atoms with van der Waals surface area (Å²) in [4.78, 5) is 16.2. The number of pyridine rings is 1. The van der Waals surface area contributed by atoms with Crippen molar-refractivity contribution in [1.29, 1.82) is 0 Å². The third-order valence-corrected chi connectivity index (χ3v) is 2.99. The minimum absolute atomic E-state index is 0.186. The molecule has 1 N–H and O–H groups in total. The van der Waals surface area contributed by atoms with Crippen molar-refractivity contribution in [2.75, 3.05) is 5.32 Å². The number of benzene rings is 1. The molecule has 3 nitrogen and oxygen atoms in total. The lowest BCUT2D eigenvalue weighted by Gasteiger charge is -2.08. The van der Waals surface area contributed by atoms with Gasteiger partial charge >= 0.3 is 0 Å². The fourth-order valence-electron chi connectivity index (χ4n) is 1.85. The molecular formula is C15H13ClF2N2O. The van der Waals surface area contributed by atoms with Crippen LogP contribution in [0.2, 0.25) is 5.15 Å². The highest BCUT2D eigenvalue weighted by Crippen LogP contribution is 2.18. The largest absolute Gasteiger partial charge is 0.319 e. The van der Waals surface area contributed by atoms with Crippen LogP contribution in [0, 0.1) is 11.6 Å². The van der Waals surface area contributed by atoms with Crippen molar-refractivity contribution in [3.05, 3.63) is 58.4 Å². The van der Waals surface area contributed by atoms with E-state index in [9.17, 15) is 13.6 Å². The van der Waals surface area contributed by atoms with Gasteiger partial charge in [-0.2, -0.15) is 0 Å². The van der Waals surface area contributed by atoms with Crippen molar-refractivity contribution in [3.8, 4) is 0 Å². The maximum atomic E-state index is 13.5. The van der Waals surface area contributed by atoms with E-state index in [4.69, 9.17) is 11.6 Å². The minimum atomic E-state index is -0.710. The molecule has 2 aromatic rings. The van der Waals surface area contributed by atoms with Gasteiger partial charge in [0.05, 0.1) is 5.69 Å². The summed E-state index contributed by atoms with van der Waals surface area (Å²) in [5, 5.41) is 2.51. The number of carbonyl (C=O) groups is 1. The van der Waals surface area contributed by atoms with Gasteiger partial charge in [0, 0.05) is 17.3 Å². The van der Waals surface area contributed by atoms with Crippen molar-refractivity contribution >= 4 is 23.2 Å². The van der Waals surface area contributed by atoms with Crippen LogP contribution in [0.1, 0.15) is 29.4 Å². The Bertz CT molecular complexity index is 677. The fraction of sp³-hybridized carbons (Fsp3) is 0.200. The van der Waals surface area contributed by atoms with E-state index in [1.165, 1.54) is 6.07 Å². The van der Waals surface area contributed by atoms with E-state index >= 15 is 0 Å². The standard InChI is InChI=1S/C15H13ClF2N2O/c1-2-3-11-6-9(7-14(16)19-11)15(21)20-13-8-10(17)4-5-12(13)18/h4-8H,2-3H2,1H3,(H,20,21). The molecule has 1 heterocycles. The van der Waals surface area contributed by atoms with Crippen molar-refractivity contribution in [3.63, 3.8) is 0 Å². The van der Waals surface area contributed by atoms with Gasteiger partial charge in [0.1, 0.15) is 16.8 Å². The monoisotopic (exact) mass is 310 g/mol. The molecule has 21 heavy (non-hydrogen) atoms. The van der Waals surface area contributed by atoms with Crippen molar-refractivity contribution in [2.45, 2.75) is 19.8 Å². The average molecular weight is 311 g/mol. The van der Waals surface area contributed by atoms with Gasteiger partial charge in [-0.1, -0.05) is 24.9 Å². The van der Waals surface area contributed by atoms with Crippen LogP contribution in [0.4, 0.5) is 14.5 Å². The Morgan fingerprint density at radius 2 is 2.05 bits per heavy atom. The summed E-state index contributed by atoms with van der Waals surface area (Å²) in [6.07, 6.45) is 1.53. The van der Waals surface area contributed by atoms with Crippen LogP contribution in [0.15, 0.2) is 30.3 Å². The number of hydrogen-bond acceptors (Lipinski definition) is 2. The van der Waals surface area contributed by atoms with E-state index in [0.29, 0.717) is 12.1 Å². The number of aryl methyl sites for hydroxylation is 1. The quantitative estimate of drug-likeness (QED) is 0.859. The van der Waals surface area contributed by atoms with Crippen LogP contribution in [-0.2, 0) is 6.42 Å². The van der Waals surface area contributed by atoms with Gasteiger partial charge in [-0.15, -0.1) is 0 Å². The zero-order valence-electron chi connectivity index (χ0n) is 11.3. The zero-order valence-corrected chi connectivity index (χ0v) is 12.0. The van der Waals surface area contributed by atoms with Crippen molar-refractivity contribution in [1.82, 2.24) is 4.98 Å². The average Bonchev–Trinajstić information content (AvgIpc) is 2.42. The second-order valence-corrected chi connectivity index (χ2v) is 4.89. The van der Waals surface area contributed by atoms with E-state index < -0.39 is 17.5 Å². The number of nitrogens with zero attached hydrogens (tertiary/aromatic N) is 1. The summed E-state index contributed by atoms with van der Waals surface area (Å²) < 4.78 is 26.6. The van der Waals surface area contributed by atoms with Crippen LogP contribution in [-0.4, -0.2) is 10.9 Å². The molecule has 0 spiro atoms. The molecule has 1 aromatic carbocycles. The van der Waals surface area contributed by atoms with Crippen LogP contribution >= 0.6 is 11.6 Å². The van der Waals surface area contributed by atoms with Crippen LogP contribution < -0.4 is 5.32 Å². The van der Waals surface area contributed by atoms with Gasteiger partial charge in [-0.3, -0.25) is 4.79 Å². The van der Waals surface area contributed by atoms with Crippen molar-refractivity contribution < 1.29 is 13.6 Å². The highest BCUT2D eigenvalue weighted by molar-refractivity contribution is 6.29. The molecule has 110 valence electrons. The second-order valence-electron chi connectivity index (χ2n) is 4.50. The van der Waals surface area contributed by atoms with E-state index in [1.807, 2.05) is 6.92 Å². The lowest BCUT2D eigenvalue weighted by Crippen LogP contribution is -2.14. The van der Waals surface area contributed by atoms with Gasteiger partial charge in [0.25, 0.3) is 5.91 Å². The first-order valence-corrected chi connectivity index (χ1v) is 6.80. The zero-order chi connectivity index (χ0) is 15.4. The highest BCUT2D eigenvalue weighted by Gasteiger charge is 2.12. The molecule has 0 bridgehead atoms. The summed E-state index contributed by atoms with van der Waals surface area (Å²) in [7, 11) is 0. The number of rotatable bonds is 4. The number of hydrogen-bond donors (Lipinski definition) is 1. The normalized spacial score (nSPS) is 10.5. The number of carbonyl (C=O) groups excluding carboxylic acids is 1. The molecule has 0 aliphatic carbocycles. The molecule has 1 amide bonds. The van der Waals surface area contributed by atoms with Gasteiger partial charge in [-0.05, 0) is 30.7 Å². The Kier molecular flexibility index (Phi) is 4.85. The molecule has 0 saturated heterocycles. The Morgan fingerprint density at radius 1 is 1.29 bits per heavy atom. The van der Waals surface area contributed by atoms with Gasteiger partial charge in [-0.25, -0.2) is 13.8 Å². The first-order valence-electron chi connectivity index (χ1n) is 6.42. The summed E-state index contributed by atoms with van der Waals surface area (Å²) in [6, 6.07) is 5.82. The molecule has 0 radical (unpaired) electrons. The van der Waals surface area contributed by atoms with Crippen LogP contribution in [0.3, 0.4) is 0 Å². The smallest absolute Gasteiger partial charge is 0.255 e. The molecule has 6 heteroatoms. The molecule has 0 atom stereocenters. The van der Waals surface area contributed by atoms with Gasteiger partial charge in [0.15, 0.2) is 0 Å². The fourth-order valence-corrected chi connectivity index (χ4v) is 2.08. The Balaban J connectivity index is 2.25. The predicted molar refractivity (Wildman–Crippen MR) is 77.6 cm³/mol. The first-order chi connectivity index (χ1) is 9.99. The highest BCUT2D eigenvalue weighted by atomic mass is 35.5. The summed E-state index contributed by atoms with van der Waals surface area (Å²) >= 11 is 5.86. The molecule has 0 aliphatic rings. The third-order valence-electron chi connectivity index (χ3n) is 2.79. The maximum absolute atomic E-state index is 13.5. The molecule has 2 rings (SSSR count). The second kappa shape index (κ2) is 6.63. The lowest BCUT2D eigenvalue weighted by molar-refractivity contribution is 0.102. The molecular weight excluding hydrogens is 298 g/mol. The number of halogens is 3. The maximum Gasteiger partial charge on any atom is 0.255 e. The number of amides is 1. The number of nitrogens with one attached hydrogen (secondary N) is 1. The minimum Gasteiger partial charge on any atom is -0.319 e. The summed E-state index contributed by atoms with van der Waals surface area (Å²) in [5.74, 6) is -1.91. The number of anilines is 1. The van der Waals surface area contributed by atoms with Gasteiger partial charge < -0.3 is 5.32 Å². The van der Waals surface area contributed by atoms with Gasteiger partial charge in [0.2, 0.25) is 0 Å². The summed E-state index contributed by atoms with van der Waals surface area (Å²) in [6.45, 7) is 1.98. The molecule has 0 fully saturated rings. The van der Waals surface area contributed by atoms with Crippen LogP contribution in [0.25, 0.3) is 0 Å². The Labute approximate surface area is 126 Å². The topological polar surface area (TPSA) is 42.0 Å². The number of aromatic nitrogens is 1. The van der Waals surface area contributed by atoms with E-state index in [2.05, 4.69) is 10.3 Å².